The topological polar surface area (TPSA) is 47.6 Å². The molecule has 140 valence electrons. The highest BCUT2D eigenvalue weighted by atomic mass is 32.2. The average molecular weight is 385 g/mol. The van der Waals surface area contributed by atoms with E-state index >= 15 is 0 Å². The zero-order valence-corrected chi connectivity index (χ0v) is 14.8. The van der Waals surface area contributed by atoms with Crippen molar-refractivity contribution in [2.75, 3.05) is 30.5 Å². The van der Waals surface area contributed by atoms with Gasteiger partial charge < -0.3 is 14.8 Å². The Morgan fingerprint density at radius 1 is 1.08 bits per heavy atom. The standard InChI is InChI=1S/C18H18F3NO3S/c1-24-13-6-8-14(9-7-13)25-10-11-26-12-17(23)22-16-5-3-2-4-15(16)18(19,20)21/h2-9H,10-12H2,1H3,(H,22,23). The Morgan fingerprint density at radius 3 is 2.38 bits per heavy atom. The molecular formula is C18H18F3NO3S. The number of ether oxygens (including phenoxy) is 2. The first kappa shape index (κ1) is 20.0. The van der Waals surface area contributed by atoms with Gasteiger partial charge in [0.1, 0.15) is 11.5 Å². The summed E-state index contributed by atoms with van der Waals surface area (Å²) in [5, 5.41) is 2.30. The van der Waals surface area contributed by atoms with Crippen molar-refractivity contribution < 1.29 is 27.4 Å². The zero-order valence-electron chi connectivity index (χ0n) is 14.0. The van der Waals surface area contributed by atoms with Gasteiger partial charge in [0.25, 0.3) is 0 Å². The number of rotatable bonds is 8. The third-order valence-corrected chi connectivity index (χ3v) is 4.22. The average Bonchev–Trinajstić information content (AvgIpc) is 2.61. The second-order valence-corrected chi connectivity index (χ2v) is 6.27. The van der Waals surface area contributed by atoms with Crippen molar-refractivity contribution in [1.29, 1.82) is 0 Å². The number of methoxy groups -OCH3 is 1. The van der Waals surface area contributed by atoms with E-state index in [-0.39, 0.29) is 11.4 Å². The van der Waals surface area contributed by atoms with Gasteiger partial charge in [-0.15, -0.1) is 11.8 Å². The van der Waals surface area contributed by atoms with E-state index in [2.05, 4.69) is 5.32 Å². The van der Waals surface area contributed by atoms with Crippen molar-refractivity contribution in [3.05, 3.63) is 54.1 Å². The third-order valence-electron chi connectivity index (χ3n) is 3.30. The lowest BCUT2D eigenvalue weighted by Crippen LogP contribution is -2.18. The summed E-state index contributed by atoms with van der Waals surface area (Å²) >= 11 is 1.28. The minimum Gasteiger partial charge on any atom is -0.497 e. The van der Waals surface area contributed by atoms with Crippen LogP contribution in [0.4, 0.5) is 18.9 Å². The number of nitrogens with one attached hydrogen (secondary N) is 1. The highest BCUT2D eigenvalue weighted by molar-refractivity contribution is 7.99. The van der Waals surface area contributed by atoms with Crippen LogP contribution in [-0.2, 0) is 11.0 Å². The Hall–Kier alpha value is -2.35. The number of halogens is 3. The maximum atomic E-state index is 12.9. The summed E-state index contributed by atoms with van der Waals surface area (Å²) in [7, 11) is 1.57. The van der Waals surface area contributed by atoms with Gasteiger partial charge in [0, 0.05) is 5.75 Å². The number of hydrogen-bond acceptors (Lipinski definition) is 4. The number of amides is 1. The number of carbonyl (C=O) groups excluding carboxylic acids is 1. The molecule has 0 aliphatic heterocycles. The molecule has 0 heterocycles. The van der Waals surface area contributed by atoms with E-state index in [9.17, 15) is 18.0 Å². The van der Waals surface area contributed by atoms with E-state index in [1.165, 1.54) is 30.0 Å². The lowest BCUT2D eigenvalue weighted by atomic mass is 10.1. The van der Waals surface area contributed by atoms with E-state index < -0.39 is 17.6 Å². The molecule has 0 saturated carbocycles. The molecule has 0 aliphatic carbocycles. The van der Waals surface area contributed by atoms with Crippen molar-refractivity contribution in [2.45, 2.75) is 6.18 Å². The van der Waals surface area contributed by atoms with Crippen molar-refractivity contribution in [3.63, 3.8) is 0 Å². The van der Waals surface area contributed by atoms with Crippen LogP contribution in [0.25, 0.3) is 0 Å². The van der Waals surface area contributed by atoms with Gasteiger partial charge in [0.2, 0.25) is 5.91 Å². The predicted octanol–water partition coefficient (Wildman–Crippen LogP) is 4.46. The van der Waals surface area contributed by atoms with Crippen LogP contribution in [-0.4, -0.2) is 31.1 Å². The molecule has 2 rings (SSSR count). The van der Waals surface area contributed by atoms with Gasteiger partial charge in [-0.3, -0.25) is 4.79 Å². The Bertz CT molecular complexity index is 720. The second-order valence-electron chi connectivity index (χ2n) is 5.17. The van der Waals surface area contributed by atoms with Crippen LogP contribution in [0, 0.1) is 0 Å². The number of benzene rings is 2. The molecule has 2 aromatic carbocycles. The van der Waals surface area contributed by atoms with Gasteiger partial charge in [-0.1, -0.05) is 12.1 Å². The van der Waals surface area contributed by atoms with Crippen LogP contribution in [0.15, 0.2) is 48.5 Å². The van der Waals surface area contributed by atoms with Crippen molar-refractivity contribution in [3.8, 4) is 11.5 Å². The van der Waals surface area contributed by atoms with Gasteiger partial charge in [-0.25, -0.2) is 0 Å². The van der Waals surface area contributed by atoms with E-state index in [0.717, 1.165) is 11.8 Å². The first-order chi connectivity index (χ1) is 12.4. The van der Waals surface area contributed by atoms with Gasteiger partial charge in [-0.05, 0) is 36.4 Å². The lowest BCUT2D eigenvalue weighted by Gasteiger charge is -2.13. The summed E-state index contributed by atoms with van der Waals surface area (Å²) < 4.78 is 49.2. The van der Waals surface area contributed by atoms with Gasteiger partial charge in [0.05, 0.1) is 30.7 Å². The fourth-order valence-electron chi connectivity index (χ4n) is 2.08. The first-order valence-electron chi connectivity index (χ1n) is 7.71. The molecule has 0 aliphatic rings. The molecule has 26 heavy (non-hydrogen) atoms. The predicted molar refractivity (Wildman–Crippen MR) is 95.9 cm³/mol. The summed E-state index contributed by atoms with van der Waals surface area (Å²) in [5.41, 5.74) is -1.10. The van der Waals surface area contributed by atoms with Crippen LogP contribution >= 0.6 is 11.8 Å². The largest absolute Gasteiger partial charge is 0.497 e. The third kappa shape index (κ3) is 6.18. The van der Waals surface area contributed by atoms with Crippen molar-refractivity contribution >= 4 is 23.4 Å². The van der Waals surface area contributed by atoms with Gasteiger partial charge in [-0.2, -0.15) is 13.2 Å². The fraction of sp³-hybridized carbons (Fsp3) is 0.278. The lowest BCUT2D eigenvalue weighted by molar-refractivity contribution is -0.137. The maximum Gasteiger partial charge on any atom is 0.418 e. The molecule has 0 aromatic heterocycles. The molecular weight excluding hydrogens is 367 g/mol. The molecule has 0 bridgehead atoms. The molecule has 0 fully saturated rings. The van der Waals surface area contributed by atoms with Gasteiger partial charge in [0.15, 0.2) is 0 Å². The highest BCUT2D eigenvalue weighted by Gasteiger charge is 2.33. The Kier molecular flexibility index (Phi) is 7.20. The van der Waals surface area contributed by atoms with Crippen LogP contribution in [0.5, 0.6) is 11.5 Å². The SMILES string of the molecule is COc1ccc(OCCSCC(=O)Nc2ccccc2C(F)(F)F)cc1. The number of anilines is 1. The number of thioether (sulfide) groups is 1. The molecule has 4 nitrogen and oxygen atoms in total. The molecule has 0 radical (unpaired) electrons. The maximum absolute atomic E-state index is 12.9. The van der Waals surface area contributed by atoms with Crippen molar-refractivity contribution in [2.24, 2.45) is 0 Å². The van der Waals surface area contributed by atoms with Gasteiger partial charge >= 0.3 is 6.18 Å². The summed E-state index contributed by atoms with van der Waals surface area (Å²) in [5.74, 6) is 1.48. The summed E-state index contributed by atoms with van der Waals surface area (Å²) in [4.78, 5) is 11.8. The fourth-order valence-corrected chi connectivity index (χ4v) is 2.68. The number of para-hydroxylation sites is 1. The Morgan fingerprint density at radius 2 is 1.73 bits per heavy atom. The molecule has 0 spiro atoms. The monoisotopic (exact) mass is 385 g/mol. The molecule has 0 saturated heterocycles. The summed E-state index contributed by atoms with van der Waals surface area (Å²) in [6.07, 6.45) is -4.51. The number of alkyl halides is 3. The zero-order chi connectivity index (χ0) is 19.0. The summed E-state index contributed by atoms with van der Waals surface area (Å²) in [6.45, 7) is 0.378. The molecule has 1 N–H and O–H groups in total. The van der Waals surface area contributed by atoms with Crippen LogP contribution in [0.2, 0.25) is 0 Å². The molecule has 8 heteroatoms. The van der Waals surface area contributed by atoms with Crippen LogP contribution < -0.4 is 14.8 Å². The first-order valence-corrected chi connectivity index (χ1v) is 8.86. The van der Waals surface area contributed by atoms with E-state index in [0.29, 0.717) is 18.1 Å². The Balaban J connectivity index is 1.72. The van der Waals surface area contributed by atoms with Crippen LogP contribution in [0.1, 0.15) is 5.56 Å². The van der Waals surface area contributed by atoms with E-state index in [1.54, 1.807) is 31.4 Å². The normalized spacial score (nSPS) is 11.1. The number of hydrogen-bond donors (Lipinski definition) is 1. The summed E-state index contributed by atoms with van der Waals surface area (Å²) in [6, 6.07) is 12.0. The molecule has 1 amide bonds. The molecule has 0 atom stereocenters. The van der Waals surface area contributed by atoms with Crippen molar-refractivity contribution in [1.82, 2.24) is 0 Å². The quantitative estimate of drug-likeness (QED) is 0.682. The highest BCUT2D eigenvalue weighted by Crippen LogP contribution is 2.34. The molecule has 2 aromatic rings. The molecule has 0 unspecified atom stereocenters. The Labute approximate surface area is 153 Å². The second kappa shape index (κ2) is 9.38. The minimum absolute atomic E-state index is 0.0398. The van der Waals surface area contributed by atoms with E-state index in [1.807, 2.05) is 0 Å². The smallest absolute Gasteiger partial charge is 0.418 e. The number of carbonyl (C=O) groups is 1. The van der Waals surface area contributed by atoms with Crippen LogP contribution in [0.3, 0.4) is 0 Å². The minimum atomic E-state index is -4.51. The van der Waals surface area contributed by atoms with E-state index in [4.69, 9.17) is 9.47 Å².